The molecule has 2 aliphatic rings. The van der Waals surface area contributed by atoms with E-state index in [1.54, 1.807) is 26.2 Å². The van der Waals surface area contributed by atoms with Crippen LogP contribution < -0.4 is 16.2 Å². The van der Waals surface area contributed by atoms with Gasteiger partial charge in [0.1, 0.15) is 29.7 Å². The average Bonchev–Trinajstić information content (AvgIpc) is 2.87. The maximum atomic E-state index is 12.8. The predicted octanol–water partition coefficient (Wildman–Crippen LogP) is -1.25. The third kappa shape index (κ3) is 8.55. The first-order valence-electron chi connectivity index (χ1n) is 11.9. The Labute approximate surface area is 236 Å². The molecule has 2 aliphatic heterocycles. The summed E-state index contributed by atoms with van der Waals surface area (Å²) in [6.45, 7) is -0.0960. The lowest BCUT2D eigenvalue weighted by Crippen LogP contribution is -2.70. The van der Waals surface area contributed by atoms with E-state index >= 15 is 0 Å². The number of halogens is 3. The van der Waals surface area contributed by atoms with Gasteiger partial charge in [0.2, 0.25) is 5.91 Å². The third-order valence-electron chi connectivity index (χ3n) is 6.20. The number of nitrogens with zero attached hydrogens (tertiary/aromatic N) is 2. The lowest BCUT2D eigenvalue weighted by Gasteiger charge is -2.49. The van der Waals surface area contributed by atoms with Crippen molar-refractivity contribution in [2.24, 2.45) is 5.73 Å². The van der Waals surface area contributed by atoms with Gasteiger partial charge >= 0.3 is 12.1 Å². The van der Waals surface area contributed by atoms with Crippen molar-refractivity contribution in [2.45, 2.75) is 30.1 Å². The molecule has 1 aromatic carbocycles. The van der Waals surface area contributed by atoms with Gasteiger partial charge in [0.05, 0.1) is 27.1 Å². The molecular weight excluding hydrogens is 573 g/mol. The summed E-state index contributed by atoms with van der Waals surface area (Å²) in [4.78, 5) is 58.7. The molecule has 1 saturated heterocycles. The Morgan fingerprint density at radius 3 is 2.32 bits per heavy atom. The van der Waals surface area contributed by atoms with E-state index in [0.29, 0.717) is 17.9 Å². The zero-order valence-electron chi connectivity index (χ0n) is 22.0. The largest absolute Gasteiger partial charge is 0.542 e. The highest BCUT2D eigenvalue weighted by atomic mass is 32.2. The molecule has 1 fully saturated rings. The van der Waals surface area contributed by atoms with E-state index in [1.807, 2.05) is 30.3 Å². The number of allylic oxidation sites excluding steroid dienone is 1. The van der Waals surface area contributed by atoms with E-state index in [2.05, 4.69) is 5.32 Å². The number of fused-ring (bicyclic) bond motifs is 1. The second-order valence-corrected chi connectivity index (χ2v) is 10.7. The van der Waals surface area contributed by atoms with Gasteiger partial charge in [-0.1, -0.05) is 36.4 Å². The summed E-state index contributed by atoms with van der Waals surface area (Å²) < 4.78 is 31.6. The maximum Gasteiger partial charge on any atom is 0.430 e. The molecule has 0 spiro atoms. The van der Waals surface area contributed by atoms with Gasteiger partial charge in [0.15, 0.2) is 6.04 Å². The number of nitrogens with two attached hydrogens (primary N) is 1. The average molecular weight is 603 g/mol. The van der Waals surface area contributed by atoms with Crippen molar-refractivity contribution in [3.8, 4) is 0 Å². The molecule has 224 valence electrons. The molecule has 0 aromatic heterocycles. The number of carboxylic acids is 2. The summed E-state index contributed by atoms with van der Waals surface area (Å²) in [6.07, 6.45) is -1.74. The second kappa shape index (κ2) is 13.6. The van der Waals surface area contributed by atoms with Crippen LogP contribution in [-0.4, -0.2) is 106 Å². The van der Waals surface area contributed by atoms with Gasteiger partial charge in [-0.2, -0.15) is 13.2 Å². The highest BCUT2D eigenvalue weighted by molar-refractivity contribution is 8.00. The number of carboxylic acid groups (broad SMARTS) is 2. The quantitative estimate of drug-likeness (QED) is 0.187. The molecule has 0 bridgehead atoms. The summed E-state index contributed by atoms with van der Waals surface area (Å²) in [6, 6.07) is 7.55. The highest BCUT2D eigenvalue weighted by Crippen LogP contribution is 2.40. The van der Waals surface area contributed by atoms with Crippen molar-refractivity contribution in [2.75, 3.05) is 33.0 Å². The first-order chi connectivity index (χ1) is 19.0. The minimum Gasteiger partial charge on any atom is -0.542 e. The standard InChI is InChI=1S/C23H28N4O6S.C2HF3O2/c1-27(2,16(12-28)20(24)30)10-6-9-15-13-34-22-18(21(31)26(22)19(15)23(32)33)25-17(29)11-14-7-4-3-5-8-14;3-2(4,5)1(6)7/h3-9,16,18,22,28H,10-13H2,1-2H3,(H3-,24,25,29,30,32,33);(H,6,7)/b9-6+;/t16-,18-,22-;/m1./s1. The van der Waals surface area contributed by atoms with Crippen molar-refractivity contribution in [3.63, 3.8) is 0 Å². The van der Waals surface area contributed by atoms with E-state index in [-0.39, 0.29) is 22.5 Å². The van der Waals surface area contributed by atoms with Crippen LogP contribution in [0.15, 0.2) is 53.8 Å². The Balaban J connectivity index is 0.000000745. The van der Waals surface area contributed by atoms with Gasteiger partial charge in [0.25, 0.3) is 11.8 Å². The monoisotopic (exact) mass is 602 g/mol. The molecule has 3 amide bonds. The van der Waals surface area contributed by atoms with E-state index in [4.69, 9.17) is 15.6 Å². The molecule has 1 aromatic rings. The fourth-order valence-electron chi connectivity index (χ4n) is 4.03. The van der Waals surface area contributed by atoms with Crippen molar-refractivity contribution < 1.29 is 56.9 Å². The number of primary amides is 1. The van der Waals surface area contributed by atoms with Crippen LogP contribution in [0.4, 0.5) is 13.2 Å². The Morgan fingerprint density at radius 2 is 1.83 bits per heavy atom. The first-order valence-corrected chi connectivity index (χ1v) is 13.0. The van der Waals surface area contributed by atoms with Gasteiger partial charge in [-0.3, -0.25) is 19.3 Å². The summed E-state index contributed by atoms with van der Waals surface area (Å²) in [7, 11) is 3.46. The number of carbonyl (C=O) groups excluding carboxylic acids is 4. The van der Waals surface area contributed by atoms with E-state index in [1.165, 1.54) is 16.7 Å². The lowest BCUT2D eigenvalue weighted by molar-refractivity contribution is -0.900. The van der Waals surface area contributed by atoms with E-state index in [0.717, 1.165) is 5.56 Å². The topological polar surface area (TPSA) is 190 Å². The smallest absolute Gasteiger partial charge is 0.430 e. The molecular formula is C25H29F3N4O8S. The van der Waals surface area contributed by atoms with E-state index in [9.17, 15) is 42.6 Å². The Morgan fingerprint density at radius 1 is 1.24 bits per heavy atom. The van der Waals surface area contributed by atoms with Gasteiger partial charge in [0, 0.05) is 5.75 Å². The fraction of sp³-hybridized carbons (Fsp3) is 0.400. The maximum absolute atomic E-state index is 12.8. The van der Waals surface area contributed by atoms with E-state index < -0.39 is 54.0 Å². The number of quaternary nitrogens is 1. The van der Waals surface area contributed by atoms with Gasteiger partial charge in [-0.05, 0) is 17.2 Å². The molecule has 0 radical (unpaired) electrons. The highest BCUT2D eigenvalue weighted by Gasteiger charge is 2.54. The van der Waals surface area contributed by atoms with Gasteiger partial charge < -0.3 is 35.6 Å². The van der Waals surface area contributed by atoms with Crippen LogP contribution in [0.3, 0.4) is 0 Å². The molecule has 16 heteroatoms. The summed E-state index contributed by atoms with van der Waals surface area (Å²) >= 11 is 1.37. The number of benzene rings is 1. The normalized spacial score (nSPS) is 19.5. The molecule has 5 N–H and O–H groups in total. The number of amides is 3. The molecule has 0 aliphatic carbocycles. The Bertz CT molecular complexity index is 1240. The molecule has 0 saturated carbocycles. The summed E-state index contributed by atoms with van der Waals surface area (Å²) in [5.74, 6) is -5.30. The number of rotatable bonds is 10. The molecule has 3 atom stereocenters. The fourth-order valence-corrected chi connectivity index (χ4v) is 5.34. The van der Waals surface area contributed by atoms with Crippen LogP contribution in [0.5, 0.6) is 0 Å². The first kappa shape index (κ1) is 33.3. The number of alkyl halides is 3. The van der Waals surface area contributed by atoms with Gasteiger partial charge in [-0.25, -0.2) is 4.79 Å². The summed E-state index contributed by atoms with van der Waals surface area (Å²) in [5.41, 5.74) is 6.51. The van der Waals surface area contributed by atoms with Crippen LogP contribution in [-0.2, 0) is 30.4 Å². The molecule has 2 heterocycles. The van der Waals surface area contributed by atoms with Crippen molar-refractivity contribution in [1.82, 2.24) is 10.2 Å². The number of carbonyl (C=O) groups is 5. The van der Waals surface area contributed by atoms with Crippen LogP contribution >= 0.6 is 11.8 Å². The van der Waals surface area contributed by atoms with Crippen molar-refractivity contribution in [3.05, 3.63) is 59.3 Å². The zero-order chi connectivity index (χ0) is 31.1. The predicted molar refractivity (Wildman–Crippen MR) is 137 cm³/mol. The number of aliphatic hydroxyl groups is 1. The molecule has 0 unspecified atom stereocenters. The van der Waals surface area contributed by atoms with Crippen molar-refractivity contribution in [1.29, 1.82) is 0 Å². The SMILES string of the molecule is C[N+](C)(C/C=C/C1=C(C(=O)O)N2C(=O)[C@@H](NC(=O)Cc3ccccc3)[C@H]2SC1)[C@H](CO)C(N)=O.O=C([O-])C(F)(F)F. The second-order valence-electron chi connectivity index (χ2n) is 9.55. The zero-order valence-corrected chi connectivity index (χ0v) is 22.8. The van der Waals surface area contributed by atoms with Crippen LogP contribution in [0.2, 0.25) is 0 Å². The number of hydrogen-bond donors (Lipinski definition) is 4. The minimum atomic E-state index is -5.19. The number of nitrogens with one attached hydrogen (secondary N) is 1. The van der Waals surface area contributed by atoms with Crippen LogP contribution in [0, 0.1) is 0 Å². The number of aliphatic hydroxyl groups excluding tert-OH is 1. The molecule has 3 rings (SSSR count). The van der Waals surface area contributed by atoms with Crippen LogP contribution in [0.25, 0.3) is 0 Å². The Kier molecular flexibility index (Phi) is 11.1. The number of likely N-dealkylation sites (N-methyl/N-ethyl adjacent to an activating group) is 1. The lowest BCUT2D eigenvalue weighted by atomic mass is 10.0. The van der Waals surface area contributed by atoms with Gasteiger partial charge in [-0.15, -0.1) is 11.8 Å². The minimum absolute atomic E-state index is 0.0892. The molecule has 41 heavy (non-hydrogen) atoms. The Hall–Kier alpha value is -3.89. The number of aliphatic carboxylic acids is 2. The molecule has 12 nitrogen and oxygen atoms in total. The van der Waals surface area contributed by atoms with Crippen LogP contribution in [0.1, 0.15) is 5.56 Å². The number of thioether (sulfide) groups is 1. The number of β-lactam (4-membered cyclic amide) rings is 1. The third-order valence-corrected chi connectivity index (χ3v) is 7.50. The van der Waals surface area contributed by atoms with Crippen molar-refractivity contribution >= 4 is 41.4 Å². The number of hydrogen-bond acceptors (Lipinski definition) is 8. The summed E-state index contributed by atoms with van der Waals surface area (Å²) in [5, 5.41) is 30.3.